The molecule has 6 nitrogen and oxygen atoms in total. The quantitative estimate of drug-likeness (QED) is 0.769. The van der Waals surface area contributed by atoms with E-state index in [1.165, 1.54) is 11.0 Å². The fraction of sp³-hybridized carbons (Fsp3) is 0.429. The number of nitrogens with zero attached hydrogens (tertiary/aromatic N) is 1. The third-order valence-corrected chi connectivity index (χ3v) is 2.95. The van der Waals surface area contributed by atoms with Crippen molar-refractivity contribution >= 4 is 23.4 Å². The van der Waals surface area contributed by atoms with E-state index in [4.69, 9.17) is 15.6 Å². The van der Waals surface area contributed by atoms with Crippen LogP contribution in [0.4, 0.5) is 16.2 Å². The molecule has 0 bridgehead atoms. The van der Waals surface area contributed by atoms with Crippen LogP contribution in [0, 0.1) is 0 Å². The Morgan fingerprint density at radius 2 is 2.00 bits per heavy atom. The van der Waals surface area contributed by atoms with Crippen molar-refractivity contribution in [2.24, 2.45) is 0 Å². The third kappa shape index (κ3) is 2.68. The van der Waals surface area contributed by atoms with Crippen LogP contribution in [0.25, 0.3) is 0 Å². The number of carbonyl (C=O) groups excluding carboxylic acids is 1. The van der Waals surface area contributed by atoms with Crippen molar-refractivity contribution in [3.63, 3.8) is 0 Å². The van der Waals surface area contributed by atoms with Gasteiger partial charge in [0.25, 0.3) is 0 Å². The molecule has 3 N–H and O–H groups in total. The lowest BCUT2D eigenvalue weighted by molar-refractivity contribution is 0.0583. The Bertz CT molecular complexity index is 575. The van der Waals surface area contributed by atoms with E-state index in [0.717, 1.165) is 5.56 Å². The topological polar surface area (TPSA) is 92.9 Å². The molecule has 1 aliphatic heterocycles. The number of amides is 1. The summed E-state index contributed by atoms with van der Waals surface area (Å²) in [5.74, 6) is -1.03. The van der Waals surface area contributed by atoms with Crippen molar-refractivity contribution in [2.75, 3.05) is 17.2 Å². The van der Waals surface area contributed by atoms with Gasteiger partial charge in [0.1, 0.15) is 5.60 Å². The van der Waals surface area contributed by atoms with Crippen LogP contribution in [0.1, 0.15) is 36.7 Å². The first-order valence-electron chi connectivity index (χ1n) is 6.35. The second-order valence-electron chi connectivity index (χ2n) is 5.76. The van der Waals surface area contributed by atoms with Crippen LogP contribution >= 0.6 is 0 Å². The van der Waals surface area contributed by atoms with Gasteiger partial charge < -0.3 is 15.6 Å². The van der Waals surface area contributed by atoms with Crippen molar-refractivity contribution in [3.05, 3.63) is 23.3 Å². The molecule has 0 aromatic heterocycles. The maximum absolute atomic E-state index is 12.1. The minimum atomic E-state index is -1.03. The summed E-state index contributed by atoms with van der Waals surface area (Å²) in [5.41, 5.74) is 7.03. The van der Waals surface area contributed by atoms with Crippen LogP contribution < -0.4 is 10.6 Å². The van der Waals surface area contributed by atoms with Gasteiger partial charge in [0.05, 0.1) is 16.9 Å². The van der Waals surface area contributed by atoms with Crippen LogP contribution in [-0.2, 0) is 11.2 Å². The number of anilines is 2. The summed E-state index contributed by atoms with van der Waals surface area (Å²) in [5, 5.41) is 9.01. The number of hydrogen-bond acceptors (Lipinski definition) is 4. The molecule has 1 aromatic rings. The van der Waals surface area contributed by atoms with Crippen LogP contribution in [0.3, 0.4) is 0 Å². The second-order valence-corrected chi connectivity index (χ2v) is 5.76. The fourth-order valence-electron chi connectivity index (χ4n) is 2.21. The minimum absolute atomic E-state index is 0.132. The molecule has 0 radical (unpaired) electrons. The number of benzene rings is 1. The number of carbonyl (C=O) groups is 2. The van der Waals surface area contributed by atoms with E-state index in [-0.39, 0.29) is 11.3 Å². The van der Waals surface area contributed by atoms with Gasteiger partial charge in [-0.05, 0) is 44.9 Å². The summed E-state index contributed by atoms with van der Waals surface area (Å²) in [7, 11) is 0. The van der Waals surface area contributed by atoms with E-state index in [2.05, 4.69) is 0 Å². The molecule has 0 fully saturated rings. The van der Waals surface area contributed by atoms with Gasteiger partial charge in [0.15, 0.2) is 0 Å². The lowest BCUT2D eigenvalue weighted by atomic mass is 10.1. The molecular formula is C14H18N2O4. The van der Waals surface area contributed by atoms with Crippen molar-refractivity contribution in [2.45, 2.75) is 32.8 Å². The van der Waals surface area contributed by atoms with Gasteiger partial charge in [0, 0.05) is 6.54 Å². The zero-order chi connectivity index (χ0) is 15.1. The van der Waals surface area contributed by atoms with Crippen LogP contribution in [0.2, 0.25) is 0 Å². The highest BCUT2D eigenvalue weighted by atomic mass is 16.6. The molecule has 0 saturated heterocycles. The van der Waals surface area contributed by atoms with Crippen LogP contribution in [0.15, 0.2) is 12.1 Å². The molecule has 1 aliphatic rings. The van der Waals surface area contributed by atoms with E-state index in [0.29, 0.717) is 18.7 Å². The number of rotatable bonds is 1. The molecule has 0 unspecified atom stereocenters. The Morgan fingerprint density at radius 1 is 1.35 bits per heavy atom. The standard InChI is InChI=1S/C14H18N2O4/c1-14(2,3)20-13(19)16-5-4-8-6-9(12(17)18)7-10(15)11(8)16/h6-7H,4-5,15H2,1-3H3,(H,17,18). The number of aromatic carboxylic acids is 1. The second kappa shape index (κ2) is 4.70. The molecule has 2 rings (SSSR count). The Morgan fingerprint density at radius 3 is 2.55 bits per heavy atom. The normalized spacial score (nSPS) is 14.1. The third-order valence-electron chi connectivity index (χ3n) is 2.95. The van der Waals surface area contributed by atoms with Gasteiger partial charge >= 0.3 is 12.1 Å². The Hall–Kier alpha value is -2.24. The smallest absolute Gasteiger partial charge is 0.414 e. The first kappa shape index (κ1) is 14.2. The molecular weight excluding hydrogens is 260 g/mol. The molecule has 108 valence electrons. The van der Waals surface area contributed by atoms with Gasteiger partial charge in [-0.3, -0.25) is 4.90 Å². The largest absolute Gasteiger partial charge is 0.478 e. The Labute approximate surface area is 117 Å². The summed E-state index contributed by atoms with van der Waals surface area (Å²) in [6, 6.07) is 2.92. The summed E-state index contributed by atoms with van der Waals surface area (Å²) < 4.78 is 5.33. The number of carboxylic acids is 1. The molecule has 0 spiro atoms. The summed E-state index contributed by atoms with van der Waals surface area (Å²) in [6.07, 6.45) is 0.103. The predicted octanol–water partition coefficient (Wildman–Crippen LogP) is 2.26. The zero-order valence-corrected chi connectivity index (χ0v) is 11.8. The maximum Gasteiger partial charge on any atom is 0.414 e. The average molecular weight is 278 g/mol. The van der Waals surface area contributed by atoms with E-state index >= 15 is 0 Å². The lowest BCUT2D eigenvalue weighted by Crippen LogP contribution is -2.36. The van der Waals surface area contributed by atoms with Crippen LogP contribution in [0.5, 0.6) is 0 Å². The molecule has 0 aliphatic carbocycles. The molecule has 20 heavy (non-hydrogen) atoms. The monoisotopic (exact) mass is 278 g/mol. The molecule has 0 atom stereocenters. The summed E-state index contributed by atoms with van der Waals surface area (Å²) >= 11 is 0. The number of carboxylic acid groups (broad SMARTS) is 1. The van der Waals surface area contributed by atoms with Crippen molar-refractivity contribution in [3.8, 4) is 0 Å². The van der Waals surface area contributed by atoms with Crippen molar-refractivity contribution in [1.82, 2.24) is 0 Å². The summed E-state index contributed by atoms with van der Waals surface area (Å²) in [4.78, 5) is 24.6. The van der Waals surface area contributed by atoms with E-state index in [1.807, 2.05) is 0 Å². The zero-order valence-electron chi connectivity index (χ0n) is 11.8. The lowest BCUT2D eigenvalue weighted by Gasteiger charge is -2.25. The minimum Gasteiger partial charge on any atom is -0.478 e. The van der Waals surface area contributed by atoms with Crippen molar-refractivity contribution < 1.29 is 19.4 Å². The molecule has 0 saturated carbocycles. The van der Waals surface area contributed by atoms with Gasteiger partial charge in [-0.25, -0.2) is 9.59 Å². The highest BCUT2D eigenvalue weighted by molar-refractivity contribution is 5.98. The number of nitrogen functional groups attached to an aromatic ring is 1. The highest BCUT2D eigenvalue weighted by Crippen LogP contribution is 2.36. The van der Waals surface area contributed by atoms with Crippen molar-refractivity contribution in [1.29, 1.82) is 0 Å². The molecule has 1 heterocycles. The Kier molecular flexibility index (Phi) is 3.33. The van der Waals surface area contributed by atoms with Gasteiger partial charge in [-0.15, -0.1) is 0 Å². The number of fused-ring (bicyclic) bond motifs is 1. The number of hydrogen-bond donors (Lipinski definition) is 2. The average Bonchev–Trinajstić information content (AvgIpc) is 2.70. The SMILES string of the molecule is CC(C)(C)OC(=O)N1CCc2cc(C(=O)O)cc(N)c21. The summed E-state index contributed by atoms with van der Waals surface area (Å²) in [6.45, 7) is 5.81. The van der Waals surface area contributed by atoms with Gasteiger partial charge in [-0.2, -0.15) is 0 Å². The Balaban J connectivity index is 2.34. The van der Waals surface area contributed by atoms with Gasteiger partial charge in [0.2, 0.25) is 0 Å². The first-order valence-corrected chi connectivity index (χ1v) is 6.35. The van der Waals surface area contributed by atoms with Gasteiger partial charge in [-0.1, -0.05) is 0 Å². The molecule has 1 aromatic carbocycles. The highest BCUT2D eigenvalue weighted by Gasteiger charge is 2.31. The predicted molar refractivity (Wildman–Crippen MR) is 75.1 cm³/mol. The maximum atomic E-state index is 12.1. The number of nitrogens with two attached hydrogens (primary N) is 1. The van der Waals surface area contributed by atoms with E-state index in [9.17, 15) is 9.59 Å². The molecule has 6 heteroatoms. The van der Waals surface area contributed by atoms with E-state index in [1.54, 1.807) is 26.8 Å². The number of ether oxygens (including phenoxy) is 1. The first-order chi connectivity index (χ1) is 9.19. The van der Waals surface area contributed by atoms with Crippen LogP contribution in [-0.4, -0.2) is 29.3 Å². The van der Waals surface area contributed by atoms with E-state index < -0.39 is 17.7 Å². The molecule has 1 amide bonds. The fourth-order valence-corrected chi connectivity index (χ4v) is 2.21.